The Bertz CT molecular complexity index is 623. The van der Waals surface area contributed by atoms with E-state index in [0.717, 1.165) is 37.5 Å². The van der Waals surface area contributed by atoms with Gasteiger partial charge in [0.15, 0.2) is 5.96 Å². The second-order valence-electron chi connectivity index (χ2n) is 7.63. The van der Waals surface area contributed by atoms with E-state index in [2.05, 4.69) is 35.8 Å². The molecule has 2 rings (SSSR count). The van der Waals surface area contributed by atoms with Gasteiger partial charge in [-0.25, -0.2) is 4.99 Å². The van der Waals surface area contributed by atoms with Crippen LogP contribution in [0.3, 0.4) is 0 Å². The van der Waals surface area contributed by atoms with Gasteiger partial charge in [-0.05, 0) is 44.7 Å². The van der Waals surface area contributed by atoms with Gasteiger partial charge >= 0.3 is 0 Å². The van der Waals surface area contributed by atoms with Crippen molar-refractivity contribution in [3.05, 3.63) is 29.3 Å². The van der Waals surface area contributed by atoms with Crippen molar-refractivity contribution in [1.29, 1.82) is 0 Å². The van der Waals surface area contributed by atoms with Crippen LogP contribution in [0.15, 0.2) is 23.2 Å². The third-order valence-corrected chi connectivity index (χ3v) is 5.37. The number of aliphatic hydroxyl groups is 1. The monoisotopic (exact) mass is 391 g/mol. The number of ether oxygens (including phenoxy) is 2. The zero-order chi connectivity index (χ0) is 20.4. The molecule has 1 unspecified atom stereocenters. The molecule has 28 heavy (non-hydrogen) atoms. The topological polar surface area (TPSA) is 75.1 Å². The zero-order valence-electron chi connectivity index (χ0n) is 17.9. The molecule has 1 heterocycles. The van der Waals surface area contributed by atoms with E-state index < -0.39 is 5.60 Å². The predicted octanol–water partition coefficient (Wildman–Crippen LogP) is 3.02. The fraction of sp³-hybridized carbons (Fsp3) is 0.682. The maximum atomic E-state index is 10.5. The van der Waals surface area contributed by atoms with Gasteiger partial charge in [-0.2, -0.15) is 0 Å². The number of nitrogens with zero attached hydrogens (tertiary/aromatic N) is 1. The lowest BCUT2D eigenvalue weighted by atomic mass is 9.98. The van der Waals surface area contributed by atoms with Crippen molar-refractivity contribution >= 4 is 5.96 Å². The van der Waals surface area contributed by atoms with Gasteiger partial charge in [-0.15, -0.1) is 0 Å². The number of hydrogen-bond donors (Lipinski definition) is 3. The van der Waals surface area contributed by atoms with Crippen molar-refractivity contribution < 1.29 is 14.6 Å². The number of benzene rings is 1. The first kappa shape index (κ1) is 22.5. The number of guanidine groups is 1. The molecule has 1 atom stereocenters. The first-order valence-electron chi connectivity index (χ1n) is 10.5. The van der Waals surface area contributed by atoms with E-state index >= 15 is 0 Å². The third-order valence-electron chi connectivity index (χ3n) is 5.37. The van der Waals surface area contributed by atoms with Crippen LogP contribution in [0.4, 0.5) is 0 Å². The van der Waals surface area contributed by atoms with Gasteiger partial charge in [-0.1, -0.05) is 26.0 Å². The summed E-state index contributed by atoms with van der Waals surface area (Å²) in [6.45, 7) is 12.2. The van der Waals surface area contributed by atoms with Gasteiger partial charge in [0.2, 0.25) is 0 Å². The van der Waals surface area contributed by atoms with Crippen LogP contribution < -0.4 is 15.4 Å². The molecule has 6 heteroatoms. The Morgan fingerprint density at radius 3 is 2.71 bits per heavy atom. The Morgan fingerprint density at radius 2 is 2.07 bits per heavy atom. The lowest BCUT2D eigenvalue weighted by Gasteiger charge is -2.26. The summed E-state index contributed by atoms with van der Waals surface area (Å²) in [5.74, 6) is 2.07. The van der Waals surface area contributed by atoms with Gasteiger partial charge in [0.1, 0.15) is 5.75 Å². The molecule has 1 saturated heterocycles. The summed E-state index contributed by atoms with van der Waals surface area (Å²) in [6, 6.07) is 6.24. The first-order valence-corrected chi connectivity index (χ1v) is 10.5. The first-order chi connectivity index (χ1) is 13.5. The van der Waals surface area contributed by atoms with Crippen LogP contribution in [0.1, 0.15) is 51.2 Å². The normalized spacial score (nSPS) is 17.6. The minimum absolute atomic E-state index is 0.469. The molecule has 1 fully saturated rings. The summed E-state index contributed by atoms with van der Waals surface area (Å²) in [4.78, 5) is 4.70. The van der Waals surface area contributed by atoms with Gasteiger partial charge in [0.25, 0.3) is 0 Å². The standard InChI is InChI=1S/C22H37N3O3/c1-5-22(26,6-2)16-25-21(23-7-3)24-13-19-9-8-17(4)12-20(19)28-15-18-10-11-27-14-18/h8-9,12,18,26H,5-7,10-11,13-16H2,1-4H3,(H2,23,24,25). The molecule has 0 saturated carbocycles. The van der Waals surface area contributed by atoms with Crippen LogP contribution in [-0.2, 0) is 11.3 Å². The highest BCUT2D eigenvalue weighted by atomic mass is 16.5. The van der Waals surface area contributed by atoms with Crippen LogP contribution in [0.2, 0.25) is 0 Å². The molecule has 0 radical (unpaired) electrons. The lowest BCUT2D eigenvalue weighted by Crippen LogP contribution is -2.46. The molecule has 6 nitrogen and oxygen atoms in total. The second-order valence-corrected chi connectivity index (χ2v) is 7.63. The molecule has 158 valence electrons. The van der Waals surface area contributed by atoms with Gasteiger partial charge in [0.05, 0.1) is 25.4 Å². The summed E-state index contributed by atoms with van der Waals surface area (Å²) < 4.78 is 11.6. The van der Waals surface area contributed by atoms with Crippen molar-refractivity contribution in [2.45, 2.75) is 59.1 Å². The number of nitrogens with one attached hydrogen (secondary N) is 2. The van der Waals surface area contributed by atoms with Crippen LogP contribution in [-0.4, -0.2) is 49.6 Å². The third kappa shape index (κ3) is 6.99. The van der Waals surface area contributed by atoms with Gasteiger partial charge in [0, 0.05) is 31.2 Å². The molecule has 1 aromatic rings. The number of hydrogen-bond acceptors (Lipinski definition) is 4. The molecule has 1 aliphatic rings. The van der Waals surface area contributed by atoms with E-state index in [9.17, 15) is 5.11 Å². The van der Waals surface area contributed by atoms with Crippen LogP contribution in [0.25, 0.3) is 0 Å². The van der Waals surface area contributed by atoms with Crippen molar-refractivity contribution in [3.8, 4) is 5.75 Å². The van der Waals surface area contributed by atoms with Crippen LogP contribution in [0, 0.1) is 12.8 Å². The minimum Gasteiger partial charge on any atom is -0.493 e. The summed E-state index contributed by atoms with van der Waals surface area (Å²) in [5, 5.41) is 17.0. The second kappa shape index (κ2) is 11.3. The van der Waals surface area contributed by atoms with Crippen molar-refractivity contribution in [1.82, 2.24) is 10.6 Å². The van der Waals surface area contributed by atoms with Crippen molar-refractivity contribution in [3.63, 3.8) is 0 Å². The van der Waals surface area contributed by atoms with E-state index in [0.29, 0.717) is 44.4 Å². The predicted molar refractivity (Wildman–Crippen MR) is 114 cm³/mol. The molecule has 0 aromatic heterocycles. The Kier molecular flexibility index (Phi) is 9.06. The molecule has 0 spiro atoms. The SMILES string of the molecule is CCNC(=NCc1ccc(C)cc1OCC1CCOC1)NCC(O)(CC)CC. The fourth-order valence-electron chi connectivity index (χ4n) is 3.10. The summed E-state index contributed by atoms with van der Waals surface area (Å²) >= 11 is 0. The maximum absolute atomic E-state index is 10.5. The summed E-state index contributed by atoms with van der Waals surface area (Å²) in [6.07, 6.45) is 2.47. The highest BCUT2D eigenvalue weighted by Gasteiger charge is 2.22. The average Bonchev–Trinajstić information content (AvgIpc) is 3.23. The molecule has 0 aliphatic carbocycles. The molecular formula is C22H37N3O3. The van der Waals surface area contributed by atoms with Gasteiger partial charge in [-0.3, -0.25) is 0 Å². The van der Waals surface area contributed by atoms with Crippen molar-refractivity contribution in [2.24, 2.45) is 10.9 Å². The van der Waals surface area contributed by atoms with E-state index in [1.807, 2.05) is 20.8 Å². The van der Waals surface area contributed by atoms with E-state index in [1.54, 1.807) is 0 Å². The van der Waals surface area contributed by atoms with Crippen molar-refractivity contribution in [2.75, 3.05) is 32.9 Å². The minimum atomic E-state index is -0.711. The van der Waals surface area contributed by atoms with E-state index in [4.69, 9.17) is 14.5 Å². The Morgan fingerprint density at radius 1 is 1.29 bits per heavy atom. The molecule has 0 bridgehead atoms. The number of aryl methyl sites for hydroxylation is 1. The highest BCUT2D eigenvalue weighted by molar-refractivity contribution is 5.79. The number of rotatable bonds is 10. The molecule has 1 aliphatic heterocycles. The molecule has 1 aromatic carbocycles. The smallest absolute Gasteiger partial charge is 0.191 e. The Hall–Kier alpha value is -1.79. The highest BCUT2D eigenvalue weighted by Crippen LogP contribution is 2.23. The van der Waals surface area contributed by atoms with E-state index in [1.165, 1.54) is 5.56 Å². The Labute approximate surface area is 169 Å². The van der Waals surface area contributed by atoms with E-state index in [-0.39, 0.29) is 0 Å². The Balaban J connectivity index is 2.03. The largest absolute Gasteiger partial charge is 0.493 e. The van der Waals surface area contributed by atoms with Gasteiger partial charge < -0.3 is 25.2 Å². The molecule has 3 N–H and O–H groups in total. The lowest BCUT2D eigenvalue weighted by molar-refractivity contribution is 0.0367. The molecular weight excluding hydrogens is 354 g/mol. The maximum Gasteiger partial charge on any atom is 0.191 e. The fourth-order valence-corrected chi connectivity index (χ4v) is 3.10. The molecule has 0 amide bonds. The summed E-state index contributed by atoms with van der Waals surface area (Å²) in [7, 11) is 0. The van der Waals surface area contributed by atoms with Crippen LogP contribution >= 0.6 is 0 Å². The average molecular weight is 392 g/mol. The quantitative estimate of drug-likeness (QED) is 0.422. The summed E-state index contributed by atoms with van der Waals surface area (Å²) in [5.41, 5.74) is 1.52. The number of aliphatic imine (C=N–C) groups is 1. The zero-order valence-corrected chi connectivity index (χ0v) is 17.9. The van der Waals surface area contributed by atoms with Crippen LogP contribution in [0.5, 0.6) is 5.75 Å².